The molecule has 0 unspecified atom stereocenters. The van der Waals surface area contributed by atoms with Gasteiger partial charge < -0.3 is 0 Å². The molecule has 1 fully saturated rings. The third kappa shape index (κ3) is 3.22. The number of carbonyl (C=O) groups is 3. The maximum atomic E-state index is 12.3. The lowest BCUT2D eigenvalue weighted by Gasteiger charge is -2.13. The summed E-state index contributed by atoms with van der Waals surface area (Å²) in [6, 6.07) is 12.6. The molecule has 0 bridgehead atoms. The summed E-state index contributed by atoms with van der Waals surface area (Å²) in [7, 11) is 0. The molecule has 0 N–H and O–H groups in total. The van der Waals surface area contributed by atoms with Crippen LogP contribution in [0.1, 0.15) is 10.4 Å². The van der Waals surface area contributed by atoms with Crippen LogP contribution in [0.5, 0.6) is 0 Å². The number of amides is 4. The number of carbonyl (C=O) groups excluding carboxylic acids is 3. The summed E-state index contributed by atoms with van der Waals surface area (Å²) in [5.74, 6) is -1.54. The number of imide groups is 2. The fourth-order valence-electron chi connectivity index (χ4n) is 2.27. The van der Waals surface area contributed by atoms with Gasteiger partial charge in [-0.05, 0) is 17.0 Å². The van der Waals surface area contributed by atoms with E-state index in [9.17, 15) is 14.4 Å². The molecule has 6 heteroatoms. The van der Waals surface area contributed by atoms with E-state index >= 15 is 0 Å². The van der Waals surface area contributed by atoms with E-state index in [1.54, 1.807) is 6.08 Å². The minimum Gasteiger partial charge on any atom is -0.263 e. The highest BCUT2D eigenvalue weighted by Gasteiger charge is 2.43. The molecule has 2 heterocycles. The SMILES string of the molecule is O=C1C(=O)N(Cc2cccs2)C(=O)N1CC=Cc1ccccc1. The molecule has 2 aromatic rings. The van der Waals surface area contributed by atoms with E-state index in [0.29, 0.717) is 0 Å². The zero-order chi connectivity index (χ0) is 16.2. The molecule has 23 heavy (non-hydrogen) atoms. The van der Waals surface area contributed by atoms with E-state index in [-0.39, 0.29) is 13.1 Å². The molecule has 1 aliphatic rings. The van der Waals surface area contributed by atoms with Crippen LogP contribution in [-0.2, 0) is 16.1 Å². The third-order valence-corrected chi connectivity index (χ3v) is 4.29. The lowest BCUT2D eigenvalue weighted by atomic mass is 10.2. The van der Waals surface area contributed by atoms with Crippen LogP contribution in [0.15, 0.2) is 53.9 Å². The number of urea groups is 1. The molecule has 1 aromatic heterocycles. The van der Waals surface area contributed by atoms with Gasteiger partial charge in [0.2, 0.25) is 0 Å². The number of hydrogen-bond acceptors (Lipinski definition) is 4. The van der Waals surface area contributed by atoms with Gasteiger partial charge in [0.05, 0.1) is 6.54 Å². The monoisotopic (exact) mass is 326 g/mol. The summed E-state index contributed by atoms with van der Waals surface area (Å²) >= 11 is 1.44. The highest BCUT2D eigenvalue weighted by molar-refractivity contribution is 7.09. The lowest BCUT2D eigenvalue weighted by Crippen LogP contribution is -2.33. The molecule has 116 valence electrons. The van der Waals surface area contributed by atoms with E-state index < -0.39 is 17.8 Å². The Morgan fingerprint density at radius 3 is 2.35 bits per heavy atom. The van der Waals surface area contributed by atoms with Crippen molar-refractivity contribution < 1.29 is 14.4 Å². The molecular formula is C17H14N2O3S. The number of rotatable bonds is 5. The second-order valence-corrected chi connectivity index (χ2v) is 6.01. The largest absolute Gasteiger partial charge is 0.334 e. The van der Waals surface area contributed by atoms with Crippen molar-refractivity contribution in [2.75, 3.05) is 6.54 Å². The zero-order valence-electron chi connectivity index (χ0n) is 12.2. The van der Waals surface area contributed by atoms with Crippen LogP contribution in [0.4, 0.5) is 4.79 Å². The summed E-state index contributed by atoms with van der Waals surface area (Å²) in [4.78, 5) is 39.1. The van der Waals surface area contributed by atoms with Crippen molar-refractivity contribution in [3.8, 4) is 0 Å². The van der Waals surface area contributed by atoms with Crippen molar-refractivity contribution in [3.05, 3.63) is 64.4 Å². The van der Waals surface area contributed by atoms with Gasteiger partial charge in [-0.1, -0.05) is 48.6 Å². The second kappa shape index (κ2) is 6.58. The molecule has 0 radical (unpaired) electrons. The first-order valence-corrected chi connectivity index (χ1v) is 7.96. The Labute approximate surface area is 137 Å². The van der Waals surface area contributed by atoms with E-state index in [0.717, 1.165) is 20.2 Å². The Hall–Kier alpha value is -2.73. The fraction of sp³-hybridized carbons (Fsp3) is 0.118. The first kappa shape index (κ1) is 15.2. The average Bonchev–Trinajstić information content (AvgIpc) is 3.15. The van der Waals surface area contributed by atoms with Crippen LogP contribution in [0, 0.1) is 0 Å². The topological polar surface area (TPSA) is 57.7 Å². The molecule has 1 aliphatic heterocycles. The van der Waals surface area contributed by atoms with Crippen LogP contribution in [0.2, 0.25) is 0 Å². The maximum Gasteiger partial charge on any atom is 0.334 e. The average molecular weight is 326 g/mol. The highest BCUT2D eigenvalue weighted by atomic mass is 32.1. The van der Waals surface area contributed by atoms with Gasteiger partial charge in [-0.2, -0.15) is 0 Å². The molecule has 0 atom stereocenters. The Morgan fingerprint density at radius 2 is 1.65 bits per heavy atom. The van der Waals surface area contributed by atoms with Gasteiger partial charge in [-0.15, -0.1) is 11.3 Å². The summed E-state index contributed by atoms with van der Waals surface area (Å²) in [6.45, 7) is 0.221. The van der Waals surface area contributed by atoms with E-state index in [4.69, 9.17) is 0 Å². The Kier molecular flexibility index (Phi) is 4.34. The van der Waals surface area contributed by atoms with Crippen molar-refractivity contribution in [2.45, 2.75) is 6.54 Å². The quantitative estimate of drug-likeness (QED) is 0.627. The number of hydrogen-bond donors (Lipinski definition) is 0. The minimum atomic E-state index is -0.774. The van der Waals surface area contributed by atoms with Crippen molar-refractivity contribution in [3.63, 3.8) is 0 Å². The molecular weight excluding hydrogens is 312 g/mol. The smallest absolute Gasteiger partial charge is 0.263 e. The molecule has 3 rings (SSSR count). The van der Waals surface area contributed by atoms with E-state index in [2.05, 4.69) is 0 Å². The van der Waals surface area contributed by atoms with Gasteiger partial charge in [0, 0.05) is 11.4 Å². The molecule has 0 aliphatic carbocycles. The standard InChI is InChI=1S/C17H14N2O3S/c20-15-16(21)19(12-14-9-5-11-23-14)17(22)18(15)10-4-8-13-6-2-1-3-7-13/h1-9,11H,10,12H2. The first-order valence-electron chi connectivity index (χ1n) is 7.08. The van der Waals surface area contributed by atoms with Gasteiger partial charge >= 0.3 is 17.8 Å². The maximum absolute atomic E-state index is 12.3. The van der Waals surface area contributed by atoms with Gasteiger partial charge in [-0.3, -0.25) is 19.4 Å². The van der Waals surface area contributed by atoms with Crippen LogP contribution in [0.3, 0.4) is 0 Å². The van der Waals surface area contributed by atoms with Gasteiger partial charge in [-0.25, -0.2) is 4.79 Å². The predicted octanol–water partition coefficient (Wildman–Crippen LogP) is 2.75. The number of nitrogens with zero attached hydrogens (tertiary/aromatic N) is 2. The van der Waals surface area contributed by atoms with Crippen molar-refractivity contribution in [1.82, 2.24) is 9.80 Å². The molecule has 1 aromatic carbocycles. The second-order valence-electron chi connectivity index (χ2n) is 4.98. The van der Waals surface area contributed by atoms with Crippen molar-refractivity contribution >= 4 is 35.3 Å². The molecule has 4 amide bonds. The van der Waals surface area contributed by atoms with Gasteiger partial charge in [0.15, 0.2) is 0 Å². The summed E-state index contributed by atoms with van der Waals surface area (Å²) in [5, 5.41) is 1.86. The Balaban J connectivity index is 1.68. The lowest BCUT2D eigenvalue weighted by molar-refractivity contribution is -0.143. The minimum absolute atomic E-state index is 0.0826. The van der Waals surface area contributed by atoms with Crippen LogP contribution in [0.25, 0.3) is 6.08 Å². The Bertz CT molecular complexity index is 753. The highest BCUT2D eigenvalue weighted by Crippen LogP contribution is 2.18. The molecule has 5 nitrogen and oxygen atoms in total. The summed E-state index contributed by atoms with van der Waals surface area (Å²) < 4.78 is 0. The van der Waals surface area contributed by atoms with Crippen LogP contribution >= 0.6 is 11.3 Å². The van der Waals surface area contributed by atoms with Crippen LogP contribution in [-0.4, -0.2) is 34.2 Å². The first-order chi connectivity index (χ1) is 11.2. The van der Waals surface area contributed by atoms with Crippen molar-refractivity contribution in [1.29, 1.82) is 0 Å². The van der Waals surface area contributed by atoms with Gasteiger partial charge in [0.25, 0.3) is 0 Å². The number of benzene rings is 1. The van der Waals surface area contributed by atoms with Gasteiger partial charge in [0.1, 0.15) is 0 Å². The predicted molar refractivity (Wildman–Crippen MR) is 87.5 cm³/mol. The molecule has 0 spiro atoms. The summed E-state index contributed by atoms with van der Waals surface area (Å²) in [6.07, 6.45) is 3.51. The molecule has 0 saturated carbocycles. The third-order valence-electron chi connectivity index (χ3n) is 3.43. The fourth-order valence-corrected chi connectivity index (χ4v) is 2.96. The number of thiophene rings is 1. The normalized spacial score (nSPS) is 15.2. The Morgan fingerprint density at radius 1 is 0.913 bits per heavy atom. The van der Waals surface area contributed by atoms with E-state index in [1.165, 1.54) is 11.3 Å². The van der Waals surface area contributed by atoms with E-state index in [1.807, 2.05) is 53.9 Å². The van der Waals surface area contributed by atoms with Crippen LogP contribution < -0.4 is 0 Å². The summed E-state index contributed by atoms with van der Waals surface area (Å²) in [5.41, 5.74) is 0.966. The van der Waals surface area contributed by atoms with Crippen molar-refractivity contribution in [2.24, 2.45) is 0 Å². The molecule has 1 saturated heterocycles. The zero-order valence-corrected chi connectivity index (χ0v) is 13.0.